The van der Waals surface area contributed by atoms with E-state index in [0.29, 0.717) is 12.8 Å². The van der Waals surface area contributed by atoms with Gasteiger partial charge in [0.15, 0.2) is 0 Å². The van der Waals surface area contributed by atoms with E-state index in [1.54, 1.807) is 121 Å². The summed E-state index contributed by atoms with van der Waals surface area (Å²) in [6.45, 7) is 35.8. The van der Waals surface area contributed by atoms with Crippen LogP contribution in [0.3, 0.4) is 0 Å². The molecule has 10 amide bonds. The van der Waals surface area contributed by atoms with Crippen LogP contribution in [0.15, 0.2) is 30.3 Å². The van der Waals surface area contributed by atoms with Crippen LogP contribution in [0, 0.1) is 35.5 Å². The van der Waals surface area contributed by atoms with Gasteiger partial charge in [-0.05, 0) is 110 Å². The molecule has 0 aliphatic heterocycles. The standard InChI is InChI=1S/C61H104N10O14/c1-24-36(11)44(64-47(72)40(32(3)4)62-49(74)42(34(7)8)68-57(82)85-58(14,15)16)52(77)70-60(19,20)55(80)67-46(38(13)84-31-39-29-27-26-28-30-39)50(75)63-43(35(9)10)51(76)69-59(17,18)54(79)66-41(33(5)6)48(73)65-45(37(12)25-2)53(78)71-61(21,22)56(81)83-23/h26-30,32-38,40-46H,24-25,31H2,1-23H3,(H,62,74)(H,63,75)(H,64,72)(H,65,73)(H,66,79)(H,67,80)(H,68,82)(H,69,76)(H,70,77)(H,71,78)/t36-,37-,38+,40-,41-,42-,43-,44-,45-,46-/m0/s1. The van der Waals surface area contributed by atoms with Crippen molar-refractivity contribution >= 4 is 65.2 Å². The lowest BCUT2D eigenvalue weighted by atomic mass is 9.94. The fourth-order valence-electron chi connectivity index (χ4n) is 8.46. The molecule has 482 valence electrons. The number of carbonyl (C=O) groups is 11. The van der Waals surface area contributed by atoms with Crippen LogP contribution in [0.5, 0.6) is 0 Å². The molecule has 0 fully saturated rings. The van der Waals surface area contributed by atoms with Crippen molar-refractivity contribution in [2.24, 2.45) is 35.5 Å². The fraction of sp³-hybridized carbons (Fsp3) is 0.721. The number of benzene rings is 1. The van der Waals surface area contributed by atoms with E-state index in [1.165, 1.54) is 48.7 Å². The first-order valence-corrected chi connectivity index (χ1v) is 29.5. The van der Waals surface area contributed by atoms with Gasteiger partial charge in [0.25, 0.3) is 0 Å². The second kappa shape index (κ2) is 33.2. The number of alkyl carbamates (subject to hydrolysis) is 1. The third-order valence-corrected chi connectivity index (χ3v) is 14.5. The molecule has 0 radical (unpaired) electrons. The van der Waals surface area contributed by atoms with Gasteiger partial charge in [0.2, 0.25) is 53.2 Å². The second-order valence-corrected chi connectivity index (χ2v) is 26.1. The number of ether oxygens (including phenoxy) is 3. The number of carbonyl (C=O) groups excluding carboxylic acids is 11. The average molecular weight is 1200 g/mol. The lowest BCUT2D eigenvalue weighted by molar-refractivity contribution is -0.150. The lowest BCUT2D eigenvalue weighted by Crippen LogP contribution is -2.66. The van der Waals surface area contributed by atoms with Gasteiger partial charge in [-0.3, -0.25) is 43.2 Å². The number of esters is 1. The van der Waals surface area contributed by atoms with Crippen molar-refractivity contribution in [3.63, 3.8) is 0 Å². The Hall–Kier alpha value is -6.85. The number of nitrogens with one attached hydrogen (secondary N) is 10. The highest BCUT2D eigenvalue weighted by Gasteiger charge is 2.43. The number of hydrogen-bond acceptors (Lipinski definition) is 14. The molecular formula is C61H104N10O14. The normalized spacial score (nSPS) is 15.7. The summed E-state index contributed by atoms with van der Waals surface area (Å²) in [5.41, 5.74) is -4.99. The molecule has 0 aliphatic rings. The van der Waals surface area contributed by atoms with Gasteiger partial charge < -0.3 is 67.4 Å². The molecule has 0 saturated carbocycles. The highest BCUT2D eigenvalue weighted by Crippen LogP contribution is 2.19. The molecule has 0 aliphatic carbocycles. The smallest absolute Gasteiger partial charge is 0.408 e. The number of methoxy groups -OCH3 is 1. The molecule has 1 aromatic carbocycles. The zero-order valence-electron chi connectivity index (χ0n) is 54.8. The highest BCUT2D eigenvalue weighted by molar-refractivity contribution is 6.00. The van der Waals surface area contributed by atoms with Crippen molar-refractivity contribution < 1.29 is 67.0 Å². The summed E-state index contributed by atoms with van der Waals surface area (Å²) in [6.07, 6.45) is -1.01. The predicted octanol–water partition coefficient (Wildman–Crippen LogP) is 3.97. The van der Waals surface area contributed by atoms with Crippen LogP contribution in [0.4, 0.5) is 4.79 Å². The Kier molecular flexibility index (Phi) is 29.7. The van der Waals surface area contributed by atoms with Crippen LogP contribution in [0.1, 0.15) is 171 Å². The predicted molar refractivity (Wildman–Crippen MR) is 322 cm³/mol. The van der Waals surface area contributed by atoms with Gasteiger partial charge in [0.05, 0.1) is 19.8 Å². The van der Waals surface area contributed by atoms with Gasteiger partial charge in [-0.2, -0.15) is 0 Å². The highest BCUT2D eigenvalue weighted by atomic mass is 16.6. The maximum absolute atomic E-state index is 14.6. The van der Waals surface area contributed by atoms with E-state index in [9.17, 15) is 52.7 Å². The van der Waals surface area contributed by atoms with E-state index in [0.717, 1.165) is 5.56 Å². The molecule has 10 atom stereocenters. The van der Waals surface area contributed by atoms with Gasteiger partial charge >= 0.3 is 12.1 Å². The first kappa shape index (κ1) is 76.2. The minimum atomic E-state index is -1.77. The van der Waals surface area contributed by atoms with Gasteiger partial charge in [0, 0.05) is 0 Å². The maximum atomic E-state index is 14.6. The van der Waals surface area contributed by atoms with E-state index >= 15 is 0 Å². The molecule has 10 N–H and O–H groups in total. The molecule has 0 heterocycles. The first-order valence-electron chi connectivity index (χ1n) is 29.5. The molecule has 0 saturated heterocycles. The van der Waals surface area contributed by atoms with Crippen LogP contribution in [0.2, 0.25) is 0 Å². The molecule has 1 rings (SSSR count). The zero-order valence-corrected chi connectivity index (χ0v) is 54.8. The summed E-state index contributed by atoms with van der Waals surface area (Å²) in [4.78, 5) is 152. The molecule has 1 aromatic rings. The summed E-state index contributed by atoms with van der Waals surface area (Å²) >= 11 is 0. The van der Waals surface area contributed by atoms with Gasteiger partial charge in [-0.1, -0.05) is 126 Å². The van der Waals surface area contributed by atoms with Crippen molar-refractivity contribution in [2.75, 3.05) is 7.11 Å². The lowest BCUT2D eigenvalue weighted by Gasteiger charge is -2.35. The van der Waals surface area contributed by atoms with E-state index < -0.39 is 171 Å². The largest absolute Gasteiger partial charge is 0.467 e. The third kappa shape index (κ3) is 24.2. The van der Waals surface area contributed by atoms with Crippen molar-refractivity contribution in [2.45, 2.75) is 242 Å². The van der Waals surface area contributed by atoms with E-state index in [2.05, 4.69) is 53.2 Å². The molecule has 24 nitrogen and oxygen atoms in total. The van der Waals surface area contributed by atoms with E-state index in [1.807, 2.05) is 19.9 Å². The number of rotatable bonds is 32. The van der Waals surface area contributed by atoms with Crippen molar-refractivity contribution in [3.8, 4) is 0 Å². The Morgan fingerprint density at radius 2 is 0.729 bits per heavy atom. The third-order valence-electron chi connectivity index (χ3n) is 14.5. The Balaban J connectivity index is 3.53. The van der Waals surface area contributed by atoms with Gasteiger partial charge in [0.1, 0.15) is 64.5 Å². The summed E-state index contributed by atoms with van der Waals surface area (Å²) < 4.78 is 16.3. The van der Waals surface area contributed by atoms with Crippen molar-refractivity contribution in [1.82, 2.24) is 53.2 Å². The van der Waals surface area contributed by atoms with E-state index in [4.69, 9.17) is 14.2 Å². The van der Waals surface area contributed by atoms with E-state index in [-0.39, 0.29) is 6.61 Å². The van der Waals surface area contributed by atoms with Crippen LogP contribution >= 0.6 is 0 Å². The quantitative estimate of drug-likeness (QED) is 0.0457. The summed E-state index contributed by atoms with van der Waals surface area (Å²) in [5, 5.41) is 27.1. The Morgan fingerprint density at radius 1 is 0.412 bits per heavy atom. The van der Waals surface area contributed by atoms with Crippen LogP contribution in [0.25, 0.3) is 0 Å². The summed E-state index contributed by atoms with van der Waals surface area (Å²) in [7, 11) is 1.19. The minimum Gasteiger partial charge on any atom is -0.467 e. The second-order valence-electron chi connectivity index (χ2n) is 26.1. The molecule has 0 bridgehead atoms. The van der Waals surface area contributed by atoms with Crippen molar-refractivity contribution in [3.05, 3.63) is 35.9 Å². The molecule has 24 heteroatoms. The van der Waals surface area contributed by atoms with Crippen LogP contribution in [-0.2, 0) is 68.8 Å². The molecule has 0 spiro atoms. The van der Waals surface area contributed by atoms with Crippen LogP contribution < -0.4 is 53.2 Å². The minimum absolute atomic E-state index is 0.0140. The Bertz CT molecular complexity index is 2460. The maximum Gasteiger partial charge on any atom is 0.408 e. The van der Waals surface area contributed by atoms with Crippen LogP contribution in [-0.4, -0.2) is 143 Å². The molecular weight excluding hydrogens is 1100 g/mol. The average Bonchev–Trinajstić information content (AvgIpc) is 3.59. The zero-order chi connectivity index (χ0) is 65.9. The van der Waals surface area contributed by atoms with Gasteiger partial charge in [-0.25, -0.2) is 9.59 Å². The fourth-order valence-corrected chi connectivity index (χ4v) is 8.46. The summed E-state index contributed by atoms with van der Waals surface area (Å²) in [5.74, 6) is -10.3. The monoisotopic (exact) mass is 1200 g/mol. The van der Waals surface area contributed by atoms with Gasteiger partial charge in [-0.15, -0.1) is 0 Å². The Labute approximate surface area is 504 Å². The molecule has 0 unspecified atom stereocenters. The summed E-state index contributed by atoms with van der Waals surface area (Å²) in [6, 6.07) is 0.432. The number of amides is 10. The number of hydrogen-bond donors (Lipinski definition) is 10. The SMILES string of the molecule is CC[C@H](C)[C@H](NC(=O)[C@@H](NC(=O)[C@@H](NC(=O)OC(C)(C)C)C(C)C)C(C)C)C(=O)NC(C)(C)C(=O)N[C@H](C(=O)N[C@H](C(=O)NC(C)(C)C(=O)N[C@H](C(=O)N[C@H](C(=O)NC(C)(C)C(=O)OC)[C@@H](C)CC)C(C)C)C(C)C)[C@@H](C)OCc1ccccc1. The topological polar surface area (TPSA) is 336 Å². The van der Waals surface area contributed by atoms with Crippen molar-refractivity contribution in [1.29, 1.82) is 0 Å². The molecule has 85 heavy (non-hydrogen) atoms. The molecule has 0 aromatic heterocycles. The first-order chi connectivity index (χ1) is 39.0. The Morgan fingerprint density at radius 3 is 1.09 bits per heavy atom.